The summed E-state index contributed by atoms with van der Waals surface area (Å²) in [4.78, 5) is 0. The number of hydrogen-bond acceptors (Lipinski definition) is 3. The molecule has 0 fully saturated rings. The van der Waals surface area contributed by atoms with Crippen molar-refractivity contribution in [3.05, 3.63) is 0 Å². The second kappa shape index (κ2) is 11.7. The van der Waals surface area contributed by atoms with E-state index in [1.54, 1.807) is 0 Å². The molecule has 14 heavy (non-hydrogen) atoms. The van der Waals surface area contributed by atoms with Crippen LogP contribution in [0.15, 0.2) is 0 Å². The Morgan fingerprint density at radius 1 is 1.14 bits per heavy atom. The van der Waals surface area contributed by atoms with Crippen LogP contribution in [0.4, 0.5) is 0 Å². The van der Waals surface area contributed by atoms with Gasteiger partial charge >= 0.3 is 0 Å². The average Bonchev–Trinajstić information content (AvgIpc) is 2.22. The largest absolute Gasteiger partial charge is 0.371 e. The lowest BCUT2D eigenvalue weighted by Gasteiger charge is -2.14. The molecule has 0 radical (unpaired) electrons. The van der Waals surface area contributed by atoms with E-state index in [2.05, 4.69) is 13.2 Å². The number of unbranched alkanes of at least 4 members (excludes halogenated alkanes) is 3. The zero-order valence-electron chi connectivity index (χ0n) is 9.75. The molecule has 0 aliphatic carbocycles. The predicted octanol–water partition coefficient (Wildman–Crippen LogP) is 4.03. The highest BCUT2D eigenvalue weighted by atomic mass is 32.2. The van der Waals surface area contributed by atoms with Crippen LogP contribution in [0.3, 0.4) is 0 Å². The van der Waals surface area contributed by atoms with Gasteiger partial charge in [-0.1, -0.05) is 26.2 Å². The molecule has 0 saturated carbocycles. The first-order valence-corrected chi connectivity index (χ1v) is 7.92. The van der Waals surface area contributed by atoms with Crippen molar-refractivity contribution in [1.29, 1.82) is 0 Å². The Morgan fingerprint density at radius 3 is 2.50 bits per heavy atom. The van der Waals surface area contributed by atoms with Crippen LogP contribution < -0.4 is 0 Å². The van der Waals surface area contributed by atoms with Crippen LogP contribution in [0.1, 0.15) is 39.0 Å². The molecular weight excluding hydrogens is 212 g/mol. The van der Waals surface area contributed by atoms with Gasteiger partial charge in [-0.2, -0.15) is 11.8 Å². The summed E-state index contributed by atoms with van der Waals surface area (Å²) in [6, 6.07) is 0. The number of hydrogen-bond donors (Lipinski definition) is 0. The first-order chi connectivity index (χ1) is 6.85. The van der Waals surface area contributed by atoms with Crippen molar-refractivity contribution >= 4 is 23.5 Å². The van der Waals surface area contributed by atoms with Gasteiger partial charge in [0, 0.05) is 18.6 Å². The summed E-state index contributed by atoms with van der Waals surface area (Å²) < 4.78 is 5.43. The molecule has 0 bridgehead atoms. The van der Waals surface area contributed by atoms with Gasteiger partial charge < -0.3 is 4.74 Å². The fourth-order valence-corrected chi connectivity index (χ4v) is 3.05. The topological polar surface area (TPSA) is 9.23 Å². The maximum Gasteiger partial charge on any atom is 0.102 e. The normalized spacial score (nSPS) is 13.1. The van der Waals surface area contributed by atoms with Crippen molar-refractivity contribution in [2.24, 2.45) is 0 Å². The lowest BCUT2D eigenvalue weighted by Crippen LogP contribution is -2.06. The van der Waals surface area contributed by atoms with E-state index in [9.17, 15) is 0 Å². The van der Waals surface area contributed by atoms with E-state index < -0.39 is 0 Å². The first kappa shape index (κ1) is 14.7. The van der Waals surface area contributed by atoms with E-state index in [4.69, 9.17) is 4.74 Å². The van der Waals surface area contributed by atoms with Crippen LogP contribution in [0, 0.1) is 0 Å². The predicted molar refractivity (Wildman–Crippen MR) is 70.4 cm³/mol. The van der Waals surface area contributed by atoms with Crippen molar-refractivity contribution in [3.63, 3.8) is 0 Å². The first-order valence-electron chi connectivity index (χ1n) is 5.48. The molecule has 0 aliphatic heterocycles. The monoisotopic (exact) mass is 236 g/mol. The van der Waals surface area contributed by atoms with Gasteiger partial charge in [0.15, 0.2) is 0 Å². The third kappa shape index (κ3) is 9.22. The van der Waals surface area contributed by atoms with Crippen LogP contribution >= 0.6 is 23.5 Å². The lowest BCUT2D eigenvalue weighted by molar-refractivity contribution is 0.163. The molecule has 86 valence electrons. The minimum Gasteiger partial charge on any atom is -0.371 e. The zero-order chi connectivity index (χ0) is 10.6. The van der Waals surface area contributed by atoms with Gasteiger partial charge in [0.05, 0.1) is 0 Å². The highest BCUT2D eigenvalue weighted by Gasteiger charge is 2.06. The van der Waals surface area contributed by atoms with Crippen molar-refractivity contribution < 1.29 is 4.74 Å². The minimum absolute atomic E-state index is 0.430. The van der Waals surface area contributed by atoms with Crippen LogP contribution in [0.2, 0.25) is 0 Å². The van der Waals surface area contributed by atoms with E-state index in [1.807, 2.05) is 30.6 Å². The Kier molecular flexibility index (Phi) is 12.3. The zero-order valence-corrected chi connectivity index (χ0v) is 11.4. The van der Waals surface area contributed by atoms with Crippen molar-refractivity contribution in [1.82, 2.24) is 0 Å². The Bertz CT molecular complexity index is 109. The third-order valence-corrected chi connectivity index (χ3v) is 4.26. The molecule has 0 aliphatic rings. The molecule has 0 aromatic rings. The molecule has 0 aromatic carbocycles. The van der Waals surface area contributed by atoms with E-state index >= 15 is 0 Å². The quantitative estimate of drug-likeness (QED) is 0.419. The number of ether oxygens (including phenoxy) is 1. The van der Waals surface area contributed by atoms with Crippen molar-refractivity contribution in [2.75, 3.05) is 24.9 Å². The maximum absolute atomic E-state index is 5.43. The molecular formula is C11H24OS2. The van der Waals surface area contributed by atoms with Crippen molar-refractivity contribution in [2.45, 2.75) is 44.5 Å². The third-order valence-electron chi connectivity index (χ3n) is 2.15. The number of methoxy groups -OCH3 is 1. The highest BCUT2D eigenvalue weighted by molar-refractivity contribution is 8.02. The van der Waals surface area contributed by atoms with Crippen LogP contribution in [-0.4, -0.2) is 30.3 Å². The molecule has 0 rings (SSSR count). The summed E-state index contributed by atoms with van der Waals surface area (Å²) in [6.07, 6.45) is 8.74. The Balaban J connectivity index is 3.28. The summed E-state index contributed by atoms with van der Waals surface area (Å²) in [5, 5.41) is 0. The maximum atomic E-state index is 5.43. The van der Waals surface area contributed by atoms with Gasteiger partial charge in [-0.15, -0.1) is 11.8 Å². The van der Waals surface area contributed by atoms with Gasteiger partial charge in [0.1, 0.15) is 5.44 Å². The smallest absolute Gasteiger partial charge is 0.102 e. The molecule has 1 atom stereocenters. The fourth-order valence-electron chi connectivity index (χ4n) is 1.27. The van der Waals surface area contributed by atoms with E-state index in [1.165, 1.54) is 43.6 Å². The van der Waals surface area contributed by atoms with Gasteiger partial charge in [0.2, 0.25) is 0 Å². The molecule has 0 heterocycles. The summed E-state index contributed by atoms with van der Waals surface area (Å²) in [5.41, 5.74) is 0.430. The van der Waals surface area contributed by atoms with E-state index in [0.29, 0.717) is 5.44 Å². The number of thioether (sulfide) groups is 2. The molecule has 1 unspecified atom stereocenters. The summed E-state index contributed by atoms with van der Waals surface area (Å²) in [7, 11) is 1.83. The van der Waals surface area contributed by atoms with Gasteiger partial charge in [-0.3, -0.25) is 0 Å². The Labute approximate surface area is 97.7 Å². The van der Waals surface area contributed by atoms with E-state index in [-0.39, 0.29) is 0 Å². The second-order valence-corrected chi connectivity index (χ2v) is 5.63. The molecule has 0 N–H and O–H groups in total. The van der Waals surface area contributed by atoms with Crippen LogP contribution in [0.5, 0.6) is 0 Å². The molecule has 3 heteroatoms. The summed E-state index contributed by atoms with van der Waals surface area (Å²) in [6.45, 7) is 2.25. The second-order valence-electron chi connectivity index (χ2n) is 3.38. The molecule has 0 spiro atoms. The average molecular weight is 236 g/mol. The Morgan fingerprint density at radius 2 is 1.93 bits per heavy atom. The van der Waals surface area contributed by atoms with Crippen molar-refractivity contribution in [3.8, 4) is 0 Å². The van der Waals surface area contributed by atoms with Crippen LogP contribution in [0.25, 0.3) is 0 Å². The summed E-state index contributed by atoms with van der Waals surface area (Å²) >= 11 is 3.87. The molecule has 0 aromatic heterocycles. The van der Waals surface area contributed by atoms with Crippen LogP contribution in [-0.2, 0) is 4.74 Å². The highest BCUT2D eigenvalue weighted by Crippen LogP contribution is 2.19. The van der Waals surface area contributed by atoms with Gasteiger partial charge in [0.25, 0.3) is 0 Å². The van der Waals surface area contributed by atoms with Gasteiger partial charge in [-0.25, -0.2) is 0 Å². The number of rotatable bonds is 10. The SMILES string of the molecule is CCCCCCC(OC)SCCSC. The molecule has 0 saturated heterocycles. The van der Waals surface area contributed by atoms with Gasteiger partial charge in [-0.05, 0) is 19.1 Å². The molecule has 1 nitrogen and oxygen atoms in total. The molecule has 0 amide bonds. The van der Waals surface area contributed by atoms with E-state index in [0.717, 1.165) is 0 Å². The summed E-state index contributed by atoms with van der Waals surface area (Å²) in [5.74, 6) is 2.45. The standard InChI is InChI=1S/C11H24OS2/c1-4-5-6-7-8-11(12-2)14-10-9-13-3/h11H,4-10H2,1-3H3. The minimum atomic E-state index is 0.430. The fraction of sp³-hybridized carbons (Fsp3) is 1.00. The lowest BCUT2D eigenvalue weighted by atomic mass is 10.2. The Hall–Kier alpha value is 0.660.